The Morgan fingerprint density at radius 2 is 2.27 bits per heavy atom. The molecule has 0 saturated carbocycles. The molecule has 1 aromatic heterocycles. The topological polar surface area (TPSA) is 22.0 Å². The zero-order valence-corrected chi connectivity index (χ0v) is 5.92. The lowest BCUT2D eigenvalue weighted by Crippen LogP contribution is -2.13. The minimum Gasteiger partial charge on any atom is -0.348 e. The van der Waals surface area contributed by atoms with E-state index in [1.54, 1.807) is 19.3 Å². The van der Waals surface area contributed by atoms with Crippen molar-refractivity contribution in [3.63, 3.8) is 0 Å². The van der Waals surface area contributed by atoms with E-state index >= 15 is 0 Å². The van der Waals surface area contributed by atoms with Crippen LogP contribution in [-0.4, -0.2) is 16.8 Å². The molecule has 0 aliphatic carbocycles. The Morgan fingerprint density at radius 1 is 1.64 bits per heavy atom. The van der Waals surface area contributed by atoms with Gasteiger partial charge in [0.25, 0.3) is 0 Å². The van der Waals surface area contributed by atoms with Crippen LogP contribution in [0.4, 0.5) is 8.78 Å². The van der Waals surface area contributed by atoms with Crippen molar-refractivity contribution in [3.05, 3.63) is 24.0 Å². The zero-order chi connectivity index (χ0) is 8.43. The maximum absolute atomic E-state index is 11.8. The first-order chi connectivity index (χ1) is 5.13. The van der Waals surface area contributed by atoms with Gasteiger partial charge in [-0.05, 0) is 12.1 Å². The summed E-state index contributed by atoms with van der Waals surface area (Å²) < 4.78 is 25.0. The smallest absolute Gasteiger partial charge is 0.302 e. The third-order valence-electron chi connectivity index (χ3n) is 1.39. The standard InChI is InChI=1S/C7H7F2NO/c1-10-4-2-3-5(10)6(11)7(8)9/h2-4,7H,1H3. The molecule has 0 atom stereocenters. The molecule has 0 bridgehead atoms. The van der Waals surface area contributed by atoms with Crippen LogP contribution in [0.5, 0.6) is 0 Å². The van der Waals surface area contributed by atoms with Gasteiger partial charge >= 0.3 is 6.43 Å². The fraction of sp³-hybridized carbons (Fsp3) is 0.286. The number of carbonyl (C=O) groups is 1. The molecule has 0 aromatic carbocycles. The summed E-state index contributed by atoms with van der Waals surface area (Å²) in [5.41, 5.74) is 0.0417. The molecule has 0 aliphatic rings. The van der Waals surface area contributed by atoms with Gasteiger partial charge in [-0.15, -0.1) is 0 Å². The third-order valence-corrected chi connectivity index (χ3v) is 1.39. The van der Waals surface area contributed by atoms with E-state index < -0.39 is 12.2 Å². The lowest BCUT2D eigenvalue weighted by Gasteiger charge is -1.99. The highest BCUT2D eigenvalue weighted by Gasteiger charge is 2.19. The molecule has 2 nitrogen and oxygen atoms in total. The van der Waals surface area contributed by atoms with Crippen LogP contribution < -0.4 is 0 Å². The summed E-state index contributed by atoms with van der Waals surface area (Å²) in [5, 5.41) is 0. The number of aryl methyl sites for hydroxylation is 1. The number of rotatable bonds is 2. The van der Waals surface area contributed by atoms with Gasteiger partial charge in [-0.3, -0.25) is 4.79 Å². The van der Waals surface area contributed by atoms with Gasteiger partial charge in [-0.1, -0.05) is 0 Å². The Kier molecular flexibility index (Phi) is 2.03. The minimum absolute atomic E-state index is 0.0417. The highest BCUT2D eigenvalue weighted by Crippen LogP contribution is 2.06. The van der Waals surface area contributed by atoms with Gasteiger partial charge in [0, 0.05) is 13.2 Å². The molecule has 1 heterocycles. The van der Waals surface area contributed by atoms with Crippen molar-refractivity contribution in [3.8, 4) is 0 Å². The molecule has 4 heteroatoms. The number of nitrogens with zero attached hydrogens (tertiary/aromatic N) is 1. The summed E-state index contributed by atoms with van der Waals surface area (Å²) in [4.78, 5) is 10.7. The van der Waals surface area contributed by atoms with E-state index in [2.05, 4.69) is 0 Å². The van der Waals surface area contributed by atoms with Crippen LogP contribution in [0.2, 0.25) is 0 Å². The molecule has 11 heavy (non-hydrogen) atoms. The maximum atomic E-state index is 11.8. The lowest BCUT2D eigenvalue weighted by atomic mass is 10.3. The average molecular weight is 159 g/mol. The zero-order valence-electron chi connectivity index (χ0n) is 5.92. The monoisotopic (exact) mass is 159 g/mol. The number of alkyl halides is 2. The Balaban J connectivity index is 2.93. The fourth-order valence-corrected chi connectivity index (χ4v) is 0.829. The van der Waals surface area contributed by atoms with Crippen molar-refractivity contribution in [2.24, 2.45) is 7.05 Å². The molecule has 0 N–H and O–H groups in total. The number of hydrogen-bond acceptors (Lipinski definition) is 1. The lowest BCUT2D eigenvalue weighted by molar-refractivity contribution is 0.0669. The molecule has 0 radical (unpaired) electrons. The summed E-state index contributed by atoms with van der Waals surface area (Å²) in [7, 11) is 1.55. The second kappa shape index (κ2) is 2.82. The predicted molar refractivity (Wildman–Crippen MR) is 35.7 cm³/mol. The first kappa shape index (κ1) is 7.91. The number of aromatic nitrogens is 1. The number of hydrogen-bond donors (Lipinski definition) is 0. The van der Waals surface area contributed by atoms with E-state index in [4.69, 9.17) is 0 Å². The van der Waals surface area contributed by atoms with Crippen LogP contribution >= 0.6 is 0 Å². The van der Waals surface area contributed by atoms with Crippen LogP contribution in [0, 0.1) is 0 Å². The molecule has 1 rings (SSSR count). The highest BCUT2D eigenvalue weighted by atomic mass is 19.3. The van der Waals surface area contributed by atoms with Crippen molar-refractivity contribution >= 4 is 5.78 Å². The maximum Gasteiger partial charge on any atom is 0.302 e. The van der Waals surface area contributed by atoms with Crippen LogP contribution in [0.1, 0.15) is 10.5 Å². The van der Waals surface area contributed by atoms with E-state index in [0.29, 0.717) is 0 Å². The van der Waals surface area contributed by atoms with Crippen molar-refractivity contribution in [1.29, 1.82) is 0 Å². The molecule has 60 valence electrons. The predicted octanol–water partition coefficient (Wildman–Crippen LogP) is 1.47. The highest BCUT2D eigenvalue weighted by molar-refractivity contribution is 5.97. The molecular formula is C7H7F2NO. The van der Waals surface area contributed by atoms with Gasteiger partial charge in [-0.25, -0.2) is 8.78 Å². The third kappa shape index (κ3) is 1.45. The van der Waals surface area contributed by atoms with Crippen LogP contribution in [-0.2, 0) is 7.05 Å². The second-order valence-corrected chi connectivity index (χ2v) is 2.17. The van der Waals surface area contributed by atoms with E-state index in [1.807, 2.05) is 0 Å². The molecule has 0 aliphatic heterocycles. The summed E-state index contributed by atoms with van der Waals surface area (Å²) in [6.07, 6.45) is -1.36. The van der Waals surface area contributed by atoms with Gasteiger partial charge in [0.1, 0.15) is 0 Å². The van der Waals surface area contributed by atoms with Crippen molar-refractivity contribution in [2.75, 3.05) is 0 Å². The Hall–Kier alpha value is -1.19. The largest absolute Gasteiger partial charge is 0.348 e. The van der Waals surface area contributed by atoms with Gasteiger partial charge < -0.3 is 4.57 Å². The van der Waals surface area contributed by atoms with Gasteiger partial charge in [0.05, 0.1) is 5.69 Å². The summed E-state index contributed by atoms with van der Waals surface area (Å²) in [6, 6.07) is 2.92. The normalized spacial score (nSPS) is 10.5. The van der Waals surface area contributed by atoms with E-state index in [1.165, 1.54) is 10.6 Å². The summed E-state index contributed by atoms with van der Waals surface area (Å²) in [6.45, 7) is 0. The van der Waals surface area contributed by atoms with Crippen molar-refractivity contribution in [1.82, 2.24) is 4.57 Å². The van der Waals surface area contributed by atoms with Crippen LogP contribution in [0.15, 0.2) is 18.3 Å². The van der Waals surface area contributed by atoms with E-state index in [9.17, 15) is 13.6 Å². The van der Waals surface area contributed by atoms with Gasteiger partial charge in [0.15, 0.2) is 0 Å². The van der Waals surface area contributed by atoms with E-state index in [-0.39, 0.29) is 5.69 Å². The van der Waals surface area contributed by atoms with Gasteiger partial charge in [0.2, 0.25) is 5.78 Å². The average Bonchev–Trinajstić information content (AvgIpc) is 2.33. The van der Waals surface area contributed by atoms with Crippen LogP contribution in [0.25, 0.3) is 0 Å². The Morgan fingerprint density at radius 3 is 2.64 bits per heavy atom. The number of carbonyl (C=O) groups excluding carboxylic acids is 1. The quantitative estimate of drug-likeness (QED) is 0.599. The molecule has 0 fully saturated rings. The minimum atomic E-state index is -2.91. The first-order valence-corrected chi connectivity index (χ1v) is 3.06. The fourth-order valence-electron chi connectivity index (χ4n) is 0.829. The number of halogens is 2. The number of ketones is 1. The van der Waals surface area contributed by atoms with E-state index in [0.717, 1.165) is 0 Å². The molecular weight excluding hydrogens is 152 g/mol. The summed E-state index contributed by atoms with van der Waals surface area (Å²) in [5.74, 6) is -1.13. The molecule has 1 aromatic rings. The first-order valence-electron chi connectivity index (χ1n) is 3.06. The number of Topliss-reactive ketones (excluding diaryl/α,β-unsaturated/α-hetero) is 1. The van der Waals surface area contributed by atoms with Crippen molar-refractivity contribution in [2.45, 2.75) is 6.43 Å². The van der Waals surface area contributed by atoms with Crippen molar-refractivity contribution < 1.29 is 13.6 Å². The SMILES string of the molecule is Cn1cccc1C(=O)C(F)F. The molecule has 0 saturated heterocycles. The van der Waals surface area contributed by atoms with Gasteiger partial charge in [-0.2, -0.15) is 0 Å². The van der Waals surface area contributed by atoms with Crippen LogP contribution in [0.3, 0.4) is 0 Å². The Bertz CT molecular complexity index is 267. The Labute approximate surface area is 62.4 Å². The molecule has 0 amide bonds. The molecule has 0 unspecified atom stereocenters. The molecule has 0 spiro atoms. The second-order valence-electron chi connectivity index (χ2n) is 2.17. The summed E-state index contributed by atoms with van der Waals surface area (Å²) >= 11 is 0.